The van der Waals surface area contributed by atoms with E-state index in [-0.39, 0.29) is 29.8 Å². The number of carbonyl (C=O) groups is 1. The van der Waals surface area contributed by atoms with Crippen molar-refractivity contribution in [1.82, 2.24) is 29.7 Å². The van der Waals surface area contributed by atoms with E-state index < -0.39 is 17.6 Å². The second-order valence-electron chi connectivity index (χ2n) is 11.0. The second-order valence-corrected chi connectivity index (χ2v) is 11.0. The number of aryl methyl sites for hydroxylation is 1. The molecule has 1 aliphatic rings. The Hall–Kier alpha value is -4.42. The summed E-state index contributed by atoms with van der Waals surface area (Å²) in [6.45, 7) is 4.76. The van der Waals surface area contributed by atoms with E-state index in [1.165, 1.54) is 18.5 Å². The highest BCUT2D eigenvalue weighted by atomic mass is 19.4. The molecule has 5 rings (SSSR count). The van der Waals surface area contributed by atoms with Crippen LogP contribution in [0.2, 0.25) is 0 Å². The van der Waals surface area contributed by atoms with E-state index >= 15 is 0 Å². The van der Waals surface area contributed by atoms with Gasteiger partial charge >= 0.3 is 6.18 Å². The fourth-order valence-corrected chi connectivity index (χ4v) is 5.17. The summed E-state index contributed by atoms with van der Waals surface area (Å²) in [6.07, 6.45) is 2.61. The zero-order chi connectivity index (χ0) is 30.7. The van der Waals surface area contributed by atoms with Gasteiger partial charge in [0.15, 0.2) is 0 Å². The maximum absolute atomic E-state index is 14.2. The molecule has 0 bridgehead atoms. The van der Waals surface area contributed by atoms with E-state index in [1.807, 2.05) is 27.9 Å². The molecule has 2 atom stereocenters. The van der Waals surface area contributed by atoms with Crippen LogP contribution in [0.5, 0.6) is 0 Å². The molecule has 1 saturated heterocycles. The van der Waals surface area contributed by atoms with Crippen LogP contribution in [0.3, 0.4) is 0 Å². The van der Waals surface area contributed by atoms with Crippen molar-refractivity contribution in [3.05, 3.63) is 89.6 Å². The minimum absolute atomic E-state index is 0.0760. The third kappa shape index (κ3) is 7.15. The first-order chi connectivity index (χ1) is 20.5. The normalized spacial score (nSPS) is 17.3. The molecule has 0 radical (unpaired) electrons. The topological polar surface area (TPSA) is 99.2 Å². The molecule has 1 amide bonds. The van der Waals surface area contributed by atoms with Crippen molar-refractivity contribution < 1.29 is 18.0 Å². The van der Waals surface area contributed by atoms with E-state index in [1.54, 1.807) is 42.9 Å². The zero-order valence-corrected chi connectivity index (χ0v) is 24.4. The van der Waals surface area contributed by atoms with Crippen molar-refractivity contribution >= 4 is 23.2 Å². The summed E-state index contributed by atoms with van der Waals surface area (Å²) >= 11 is 0. The lowest BCUT2D eigenvalue weighted by atomic mass is 10.0. The maximum Gasteiger partial charge on any atom is 0.416 e. The highest BCUT2D eigenvalue weighted by Gasteiger charge is 2.36. The number of anilines is 3. The number of aromatic nitrogens is 4. The number of carbonyl (C=O) groups excluding carboxylic acids is 1. The van der Waals surface area contributed by atoms with Crippen LogP contribution in [0.15, 0.2) is 67.4 Å². The van der Waals surface area contributed by atoms with Crippen LogP contribution >= 0.6 is 0 Å². The summed E-state index contributed by atoms with van der Waals surface area (Å²) < 4.78 is 42.5. The fraction of sp³-hybridized carbons (Fsp3) is 0.323. The molecule has 224 valence electrons. The third-order valence-corrected chi connectivity index (χ3v) is 7.72. The molecule has 1 fully saturated rings. The molecule has 1 unspecified atom stereocenters. The first kappa shape index (κ1) is 30.1. The molecular weight excluding hydrogens is 557 g/mol. The number of amides is 1. The van der Waals surface area contributed by atoms with Crippen molar-refractivity contribution in [2.75, 3.05) is 31.3 Å². The Morgan fingerprint density at radius 1 is 1.09 bits per heavy atom. The van der Waals surface area contributed by atoms with Crippen molar-refractivity contribution in [2.45, 2.75) is 45.1 Å². The average molecular weight is 591 g/mol. The van der Waals surface area contributed by atoms with Crippen molar-refractivity contribution in [2.24, 2.45) is 0 Å². The quantitative estimate of drug-likeness (QED) is 0.267. The number of hydrogen-bond donors (Lipinski definition) is 2. The van der Waals surface area contributed by atoms with Gasteiger partial charge in [0.05, 0.1) is 11.3 Å². The average Bonchev–Trinajstić information content (AvgIpc) is 3.35. The number of halogens is 3. The van der Waals surface area contributed by atoms with E-state index in [0.29, 0.717) is 29.6 Å². The van der Waals surface area contributed by atoms with Gasteiger partial charge in [0.25, 0.3) is 5.91 Å². The number of alkyl halides is 3. The number of hydrogen-bond acceptors (Lipinski definition) is 8. The SMILES string of the molecule is Cc1ccc(NC(=O)c2ccc(CN3C[C@@H](N(C)C)CC3C)c(C(F)(F)F)c2)cc1Nc1nccc(-c2cncnc2)n1. The highest BCUT2D eigenvalue weighted by molar-refractivity contribution is 6.04. The zero-order valence-electron chi connectivity index (χ0n) is 24.4. The molecule has 2 N–H and O–H groups in total. The summed E-state index contributed by atoms with van der Waals surface area (Å²) in [7, 11) is 3.96. The van der Waals surface area contributed by atoms with E-state index in [9.17, 15) is 18.0 Å². The van der Waals surface area contributed by atoms with Crippen molar-refractivity contribution in [3.63, 3.8) is 0 Å². The predicted molar refractivity (Wildman–Crippen MR) is 159 cm³/mol. The largest absolute Gasteiger partial charge is 0.416 e. The summed E-state index contributed by atoms with van der Waals surface area (Å²) in [4.78, 5) is 34.1. The van der Waals surface area contributed by atoms with Gasteiger partial charge in [-0.3, -0.25) is 9.69 Å². The molecule has 2 aromatic heterocycles. The van der Waals surface area contributed by atoms with Gasteiger partial charge in [-0.1, -0.05) is 12.1 Å². The summed E-state index contributed by atoms with van der Waals surface area (Å²) in [6, 6.07) is 11.1. The Labute approximate surface area is 248 Å². The molecule has 9 nitrogen and oxygen atoms in total. The van der Waals surface area contributed by atoms with Gasteiger partial charge in [0.1, 0.15) is 6.33 Å². The van der Waals surface area contributed by atoms with Crippen LogP contribution < -0.4 is 10.6 Å². The Morgan fingerprint density at radius 2 is 1.86 bits per heavy atom. The maximum atomic E-state index is 14.2. The fourth-order valence-electron chi connectivity index (χ4n) is 5.17. The predicted octanol–water partition coefficient (Wildman–Crippen LogP) is 5.78. The molecule has 1 aliphatic heterocycles. The summed E-state index contributed by atoms with van der Waals surface area (Å²) in [5.41, 5.74) is 2.52. The number of likely N-dealkylation sites (N-methyl/N-ethyl adjacent to an activating group) is 1. The summed E-state index contributed by atoms with van der Waals surface area (Å²) in [5, 5.41) is 5.88. The van der Waals surface area contributed by atoms with Gasteiger partial charge in [-0.05, 0) is 75.8 Å². The van der Waals surface area contributed by atoms with Gasteiger partial charge in [0, 0.05) is 66.3 Å². The Kier molecular flexibility index (Phi) is 8.69. The van der Waals surface area contributed by atoms with Gasteiger partial charge < -0.3 is 15.5 Å². The Bertz CT molecular complexity index is 1600. The standard InChI is InChI=1S/C31H33F3N8O/c1-19-5-8-24(13-28(19)40-30-37-10-9-27(39-30)23-14-35-18-36-15-23)38-29(43)21-6-7-22(26(12-21)31(32,33)34)16-42-17-25(41(3)4)11-20(42)2/h5-10,12-15,18,20,25H,11,16-17H2,1-4H3,(H,38,43)(H,37,39,40)/t20?,25-/m0/s1. The van der Waals surface area contributed by atoms with E-state index in [2.05, 4.69) is 40.4 Å². The van der Waals surface area contributed by atoms with Crippen LogP contribution in [0.1, 0.15) is 40.4 Å². The highest BCUT2D eigenvalue weighted by Crippen LogP contribution is 2.35. The molecule has 2 aromatic carbocycles. The first-order valence-corrected chi connectivity index (χ1v) is 13.9. The second kappa shape index (κ2) is 12.4. The lowest BCUT2D eigenvalue weighted by Crippen LogP contribution is -2.32. The van der Waals surface area contributed by atoms with Gasteiger partial charge in [-0.2, -0.15) is 13.2 Å². The van der Waals surface area contributed by atoms with Crippen LogP contribution in [0.4, 0.5) is 30.5 Å². The van der Waals surface area contributed by atoms with Crippen LogP contribution in [0, 0.1) is 6.92 Å². The van der Waals surface area contributed by atoms with Gasteiger partial charge in [-0.25, -0.2) is 19.9 Å². The monoisotopic (exact) mass is 590 g/mol. The minimum Gasteiger partial charge on any atom is -0.324 e. The molecule has 0 spiro atoms. The van der Waals surface area contributed by atoms with Crippen molar-refractivity contribution in [3.8, 4) is 11.3 Å². The summed E-state index contributed by atoms with van der Waals surface area (Å²) in [5.74, 6) is -0.320. The van der Waals surface area contributed by atoms with Crippen LogP contribution in [0.25, 0.3) is 11.3 Å². The number of rotatable bonds is 8. The molecular formula is C31H33F3N8O. The smallest absolute Gasteiger partial charge is 0.324 e. The number of likely N-dealkylation sites (tertiary alicyclic amines) is 1. The first-order valence-electron chi connectivity index (χ1n) is 13.9. The van der Waals surface area contributed by atoms with Crippen LogP contribution in [-0.4, -0.2) is 68.4 Å². The molecule has 0 aliphatic carbocycles. The Morgan fingerprint density at radius 3 is 2.56 bits per heavy atom. The number of benzene rings is 2. The number of nitrogens with one attached hydrogen (secondary N) is 2. The molecule has 12 heteroatoms. The molecule has 3 heterocycles. The molecule has 4 aromatic rings. The van der Waals surface area contributed by atoms with Crippen LogP contribution in [-0.2, 0) is 12.7 Å². The van der Waals surface area contributed by atoms with E-state index in [4.69, 9.17) is 0 Å². The molecule has 0 saturated carbocycles. The third-order valence-electron chi connectivity index (χ3n) is 7.72. The van der Waals surface area contributed by atoms with Gasteiger partial charge in [0.2, 0.25) is 5.95 Å². The lowest BCUT2D eigenvalue weighted by molar-refractivity contribution is -0.138. The van der Waals surface area contributed by atoms with Gasteiger partial charge in [-0.15, -0.1) is 0 Å². The number of nitrogens with zero attached hydrogens (tertiary/aromatic N) is 6. The Balaban J connectivity index is 1.33. The van der Waals surface area contributed by atoms with Crippen molar-refractivity contribution in [1.29, 1.82) is 0 Å². The minimum atomic E-state index is -4.60. The van der Waals surface area contributed by atoms with E-state index in [0.717, 1.165) is 23.6 Å². The lowest BCUT2D eigenvalue weighted by Gasteiger charge is -2.24. The molecule has 43 heavy (non-hydrogen) atoms.